The Morgan fingerprint density at radius 2 is 1.48 bits per heavy atom. The molecule has 0 spiro atoms. The third kappa shape index (κ3) is 4.83. The summed E-state index contributed by atoms with van der Waals surface area (Å²) in [7, 11) is 0. The van der Waals surface area contributed by atoms with Crippen LogP contribution in [0.2, 0.25) is 0 Å². The van der Waals surface area contributed by atoms with Crippen molar-refractivity contribution >= 4 is 17.8 Å². The Hall–Kier alpha value is -4.25. The smallest absolute Gasteiger partial charge is 0.328 e. The van der Waals surface area contributed by atoms with E-state index in [0.717, 1.165) is 5.56 Å². The monoisotopic (exact) mass is 451 g/mol. The maximum absolute atomic E-state index is 12.5. The summed E-state index contributed by atoms with van der Waals surface area (Å²) in [6, 6.07) is 12.8. The topological polar surface area (TPSA) is 145 Å². The summed E-state index contributed by atoms with van der Waals surface area (Å²) < 4.78 is 16.9. The Morgan fingerprint density at radius 3 is 2.06 bits per heavy atom. The highest BCUT2D eigenvalue weighted by Crippen LogP contribution is 2.29. The molecule has 0 atom stereocenters. The van der Waals surface area contributed by atoms with Gasteiger partial charge in [0.2, 0.25) is 0 Å². The van der Waals surface area contributed by atoms with E-state index in [9.17, 15) is 14.4 Å². The van der Waals surface area contributed by atoms with Crippen LogP contribution in [0.5, 0.6) is 17.2 Å². The number of benzene rings is 2. The largest absolute Gasteiger partial charge is 0.467 e. The lowest BCUT2D eigenvalue weighted by atomic mass is 9.95. The van der Waals surface area contributed by atoms with Gasteiger partial charge in [0.15, 0.2) is 5.82 Å². The van der Waals surface area contributed by atoms with Gasteiger partial charge in [0, 0.05) is 18.6 Å². The quantitative estimate of drug-likeness (QED) is 0.332. The zero-order valence-electron chi connectivity index (χ0n) is 17.7. The first-order chi connectivity index (χ1) is 16.0. The third-order valence-electron chi connectivity index (χ3n) is 4.89. The van der Waals surface area contributed by atoms with E-state index in [1.165, 1.54) is 6.33 Å². The number of carbonyl (C=O) groups excluding carboxylic acids is 3. The van der Waals surface area contributed by atoms with Gasteiger partial charge in [-0.25, -0.2) is 4.79 Å². The minimum Gasteiger partial charge on any atom is -0.467 e. The molecule has 0 saturated carbocycles. The van der Waals surface area contributed by atoms with E-state index < -0.39 is 23.4 Å². The number of urea groups is 1. The molecular weight excluding hydrogens is 430 g/mol. The van der Waals surface area contributed by atoms with Gasteiger partial charge in [0.1, 0.15) is 23.6 Å². The Kier molecular flexibility index (Phi) is 6.31. The molecule has 11 heteroatoms. The molecule has 0 unspecified atom stereocenters. The molecule has 4 amide bonds. The zero-order valence-corrected chi connectivity index (χ0v) is 17.7. The first-order valence-electron chi connectivity index (χ1n) is 10.2. The standard InChI is InChI=1S/C22H21N5O6/c1-2-31-12-11-22(19(28)25-21(30)26-20(22)29)33-17-9-7-16(8-10-17)32-15-5-3-14(4-6-15)18-23-13-24-27-18/h3-10,13H,2,11-12H2,1H3,(H,23,24,27)(H2,25,26,28,29,30). The number of nitrogens with zero attached hydrogens (tertiary/aromatic N) is 2. The number of nitrogens with one attached hydrogen (secondary N) is 3. The average molecular weight is 451 g/mol. The molecule has 1 aliphatic heterocycles. The predicted octanol–water partition coefficient (Wildman–Crippen LogP) is 2.17. The lowest BCUT2D eigenvalue weighted by Gasteiger charge is -2.34. The van der Waals surface area contributed by atoms with Gasteiger partial charge >= 0.3 is 6.03 Å². The summed E-state index contributed by atoms with van der Waals surface area (Å²) in [4.78, 5) is 39.5. The van der Waals surface area contributed by atoms with Crippen LogP contribution in [-0.2, 0) is 14.3 Å². The van der Waals surface area contributed by atoms with Crippen molar-refractivity contribution in [2.75, 3.05) is 13.2 Å². The number of H-pyrrole nitrogens is 1. The molecule has 0 aliphatic carbocycles. The SMILES string of the molecule is CCOCCC1(Oc2ccc(Oc3ccc(-c4nnc[nH]4)cc3)cc2)C(=O)NC(=O)NC1=O. The van der Waals surface area contributed by atoms with Gasteiger partial charge in [-0.3, -0.25) is 20.2 Å². The summed E-state index contributed by atoms with van der Waals surface area (Å²) in [5.41, 5.74) is -1.06. The molecule has 3 N–H and O–H groups in total. The van der Waals surface area contributed by atoms with E-state index in [0.29, 0.717) is 23.9 Å². The molecule has 11 nitrogen and oxygen atoms in total. The van der Waals surface area contributed by atoms with Crippen molar-refractivity contribution in [2.45, 2.75) is 18.9 Å². The number of hydrogen-bond donors (Lipinski definition) is 3. The number of carbonyl (C=O) groups is 3. The van der Waals surface area contributed by atoms with E-state index in [4.69, 9.17) is 14.2 Å². The molecule has 1 saturated heterocycles. The fourth-order valence-corrected chi connectivity index (χ4v) is 3.21. The van der Waals surface area contributed by atoms with Gasteiger partial charge < -0.3 is 19.2 Å². The number of imide groups is 2. The molecule has 1 aromatic heterocycles. The van der Waals surface area contributed by atoms with Crippen LogP contribution in [0.3, 0.4) is 0 Å². The number of ether oxygens (including phenoxy) is 3. The molecule has 3 aromatic rings. The minimum atomic E-state index is -1.93. The molecular formula is C22H21N5O6. The van der Waals surface area contributed by atoms with Crippen molar-refractivity contribution in [3.63, 3.8) is 0 Å². The van der Waals surface area contributed by atoms with Crippen molar-refractivity contribution in [1.29, 1.82) is 0 Å². The number of aromatic nitrogens is 3. The first-order valence-corrected chi connectivity index (χ1v) is 10.2. The van der Waals surface area contributed by atoms with Crippen LogP contribution in [0.1, 0.15) is 13.3 Å². The van der Waals surface area contributed by atoms with Crippen molar-refractivity contribution in [3.8, 4) is 28.6 Å². The molecule has 0 radical (unpaired) electrons. The molecule has 1 aliphatic rings. The van der Waals surface area contributed by atoms with Gasteiger partial charge in [-0.2, -0.15) is 0 Å². The van der Waals surface area contributed by atoms with Crippen LogP contribution in [0.4, 0.5) is 4.79 Å². The maximum atomic E-state index is 12.5. The van der Waals surface area contributed by atoms with Gasteiger partial charge in [-0.05, 0) is 55.5 Å². The van der Waals surface area contributed by atoms with Crippen molar-refractivity contribution < 1.29 is 28.6 Å². The highest BCUT2D eigenvalue weighted by atomic mass is 16.5. The van der Waals surface area contributed by atoms with Gasteiger partial charge in [-0.1, -0.05) is 0 Å². The summed E-state index contributed by atoms with van der Waals surface area (Å²) in [5.74, 6) is 0.333. The van der Waals surface area contributed by atoms with Crippen LogP contribution >= 0.6 is 0 Å². The third-order valence-corrected chi connectivity index (χ3v) is 4.89. The molecule has 1 fully saturated rings. The summed E-state index contributed by atoms with van der Waals surface area (Å²) in [6.45, 7) is 2.29. The fraction of sp³-hybridized carbons (Fsp3) is 0.227. The Morgan fingerprint density at radius 1 is 0.879 bits per heavy atom. The number of barbiturate groups is 1. The average Bonchev–Trinajstić information content (AvgIpc) is 3.34. The van der Waals surface area contributed by atoms with E-state index >= 15 is 0 Å². The summed E-state index contributed by atoms with van der Waals surface area (Å²) in [6.07, 6.45) is 1.43. The molecule has 0 bridgehead atoms. The van der Waals surface area contributed by atoms with Crippen molar-refractivity contribution in [2.24, 2.45) is 0 Å². The van der Waals surface area contributed by atoms with E-state index in [1.54, 1.807) is 43.3 Å². The summed E-state index contributed by atoms with van der Waals surface area (Å²) in [5, 5.41) is 11.9. The minimum absolute atomic E-state index is 0.0679. The second-order valence-corrected chi connectivity index (χ2v) is 7.05. The predicted molar refractivity (Wildman–Crippen MR) is 114 cm³/mol. The van der Waals surface area contributed by atoms with E-state index in [-0.39, 0.29) is 18.8 Å². The zero-order chi connectivity index (χ0) is 23.3. The molecule has 2 heterocycles. The normalized spacial score (nSPS) is 15.0. The number of aromatic amines is 1. The van der Waals surface area contributed by atoms with Crippen LogP contribution in [0.15, 0.2) is 54.9 Å². The molecule has 2 aromatic carbocycles. The second-order valence-electron chi connectivity index (χ2n) is 7.05. The Bertz CT molecular complexity index is 1110. The van der Waals surface area contributed by atoms with Crippen LogP contribution in [0.25, 0.3) is 11.4 Å². The first kappa shape index (κ1) is 22.0. The van der Waals surface area contributed by atoms with Crippen LogP contribution in [0, 0.1) is 0 Å². The van der Waals surface area contributed by atoms with Crippen LogP contribution in [-0.4, -0.2) is 51.8 Å². The van der Waals surface area contributed by atoms with E-state index in [2.05, 4.69) is 25.8 Å². The van der Waals surface area contributed by atoms with Crippen molar-refractivity contribution in [3.05, 3.63) is 54.9 Å². The fourth-order valence-electron chi connectivity index (χ4n) is 3.21. The lowest BCUT2D eigenvalue weighted by Crippen LogP contribution is -2.69. The Labute approximate surface area is 188 Å². The van der Waals surface area contributed by atoms with E-state index in [1.807, 2.05) is 12.1 Å². The number of rotatable bonds is 9. The molecule has 33 heavy (non-hydrogen) atoms. The number of amides is 4. The van der Waals surface area contributed by atoms with Gasteiger partial charge in [0.05, 0.1) is 6.61 Å². The van der Waals surface area contributed by atoms with Crippen LogP contribution < -0.4 is 20.1 Å². The Balaban J connectivity index is 1.46. The highest BCUT2D eigenvalue weighted by Gasteiger charge is 2.52. The summed E-state index contributed by atoms with van der Waals surface area (Å²) >= 11 is 0. The van der Waals surface area contributed by atoms with Gasteiger partial charge in [0.25, 0.3) is 17.4 Å². The highest BCUT2D eigenvalue weighted by molar-refractivity contribution is 6.21. The molecule has 170 valence electrons. The van der Waals surface area contributed by atoms with Crippen molar-refractivity contribution in [1.82, 2.24) is 25.8 Å². The maximum Gasteiger partial charge on any atom is 0.328 e. The second kappa shape index (κ2) is 9.49. The molecule has 4 rings (SSSR count). The lowest BCUT2D eigenvalue weighted by molar-refractivity contribution is -0.153. The number of hydrogen-bond acceptors (Lipinski definition) is 8. The van der Waals surface area contributed by atoms with Gasteiger partial charge in [-0.15, -0.1) is 10.2 Å².